The van der Waals surface area contributed by atoms with Gasteiger partial charge in [-0.25, -0.2) is 9.98 Å². The summed E-state index contributed by atoms with van der Waals surface area (Å²) >= 11 is 7.04. The lowest BCUT2D eigenvalue weighted by Crippen LogP contribution is -2.28. The van der Waals surface area contributed by atoms with Gasteiger partial charge in [0.05, 0.1) is 5.69 Å². The summed E-state index contributed by atoms with van der Waals surface area (Å²) in [6.45, 7) is 9.72. The predicted molar refractivity (Wildman–Crippen MR) is 117 cm³/mol. The molecule has 0 atom stereocenters. The van der Waals surface area contributed by atoms with Gasteiger partial charge in [0.2, 0.25) is 0 Å². The number of hydrogen-bond donors (Lipinski definition) is 1. The summed E-state index contributed by atoms with van der Waals surface area (Å²) in [7, 11) is 0. The minimum Gasteiger partial charge on any atom is -0.395 e. The van der Waals surface area contributed by atoms with Crippen molar-refractivity contribution in [1.82, 2.24) is 10.3 Å². The SMILES string of the molecule is CC.CC.CSC(=Nc1ccc2c(c1)OC(F)(F)O2)NC(=O)c1cc(C)nc(Cl)c1. The number of carbonyl (C=O) groups excluding carboxylic acids is 1. The molecule has 2 heterocycles. The van der Waals surface area contributed by atoms with Crippen LogP contribution in [0.1, 0.15) is 43.7 Å². The maximum atomic E-state index is 13.1. The van der Waals surface area contributed by atoms with E-state index in [1.54, 1.807) is 19.2 Å². The zero-order chi connectivity index (χ0) is 22.9. The van der Waals surface area contributed by atoms with Gasteiger partial charge in [0.25, 0.3) is 5.91 Å². The molecular formula is C20H24ClF2N3O3S. The van der Waals surface area contributed by atoms with Gasteiger partial charge in [-0.1, -0.05) is 51.1 Å². The lowest BCUT2D eigenvalue weighted by molar-refractivity contribution is -0.286. The Hall–Kier alpha value is -2.39. The van der Waals surface area contributed by atoms with Crippen molar-refractivity contribution in [3.63, 3.8) is 0 Å². The molecular weight excluding hydrogens is 436 g/mol. The summed E-state index contributed by atoms with van der Waals surface area (Å²) in [6.07, 6.45) is -1.98. The Balaban J connectivity index is 0.00000106. The van der Waals surface area contributed by atoms with Gasteiger partial charge in [-0.3, -0.25) is 4.79 Å². The molecule has 1 aromatic carbocycles. The van der Waals surface area contributed by atoms with Crippen LogP contribution in [0.25, 0.3) is 0 Å². The molecule has 0 bridgehead atoms. The molecule has 10 heteroatoms. The molecule has 0 fully saturated rings. The molecule has 1 aromatic heterocycles. The van der Waals surface area contributed by atoms with Crippen LogP contribution in [0.4, 0.5) is 14.5 Å². The van der Waals surface area contributed by atoms with Gasteiger partial charge in [0.15, 0.2) is 16.7 Å². The van der Waals surface area contributed by atoms with Crippen molar-refractivity contribution in [3.8, 4) is 11.5 Å². The maximum Gasteiger partial charge on any atom is 0.586 e. The summed E-state index contributed by atoms with van der Waals surface area (Å²) in [4.78, 5) is 20.6. The Morgan fingerprint density at radius 2 is 1.77 bits per heavy atom. The average Bonchev–Trinajstić information content (AvgIpc) is 3.02. The number of aliphatic imine (C=N–C) groups is 1. The number of hydrogen-bond acceptors (Lipinski definition) is 6. The number of nitrogens with one attached hydrogen (secondary N) is 1. The van der Waals surface area contributed by atoms with Crippen molar-refractivity contribution in [2.75, 3.05) is 6.26 Å². The van der Waals surface area contributed by atoms with Crippen LogP contribution in [-0.2, 0) is 0 Å². The van der Waals surface area contributed by atoms with Crippen molar-refractivity contribution in [2.24, 2.45) is 4.99 Å². The van der Waals surface area contributed by atoms with Crippen molar-refractivity contribution < 1.29 is 23.0 Å². The number of carbonyl (C=O) groups is 1. The number of nitrogens with zero attached hydrogens (tertiary/aromatic N) is 2. The van der Waals surface area contributed by atoms with Crippen LogP contribution in [0.3, 0.4) is 0 Å². The molecule has 3 rings (SSSR count). The number of alkyl halides is 2. The maximum absolute atomic E-state index is 13.1. The average molecular weight is 460 g/mol. The number of ether oxygens (including phenoxy) is 2. The summed E-state index contributed by atoms with van der Waals surface area (Å²) in [5.41, 5.74) is 1.25. The number of halogens is 3. The van der Waals surface area contributed by atoms with Crippen LogP contribution < -0.4 is 14.8 Å². The first-order valence-electron chi connectivity index (χ1n) is 9.24. The first kappa shape index (κ1) is 25.6. The second-order valence-electron chi connectivity index (χ2n) is 5.19. The second-order valence-corrected chi connectivity index (χ2v) is 6.38. The highest BCUT2D eigenvalue weighted by molar-refractivity contribution is 8.13. The molecule has 0 unspecified atom stereocenters. The zero-order valence-electron chi connectivity index (χ0n) is 17.5. The number of amides is 1. The van der Waals surface area contributed by atoms with Crippen LogP contribution in [0.15, 0.2) is 35.3 Å². The van der Waals surface area contributed by atoms with E-state index >= 15 is 0 Å². The molecule has 1 aliphatic heterocycles. The third-order valence-corrected chi connectivity index (χ3v) is 3.99. The van der Waals surface area contributed by atoms with Gasteiger partial charge >= 0.3 is 6.29 Å². The lowest BCUT2D eigenvalue weighted by atomic mass is 10.2. The van der Waals surface area contributed by atoms with Crippen LogP contribution in [0.2, 0.25) is 5.15 Å². The molecule has 0 radical (unpaired) electrons. The van der Waals surface area contributed by atoms with Crippen LogP contribution in [0, 0.1) is 6.92 Å². The minimum absolute atomic E-state index is 0.0782. The van der Waals surface area contributed by atoms with Gasteiger partial charge < -0.3 is 14.8 Å². The van der Waals surface area contributed by atoms with Crippen LogP contribution in [0.5, 0.6) is 11.5 Å². The standard InChI is InChI=1S/C16H12ClF2N3O3S.2C2H6/c1-8-5-9(6-13(17)20-8)14(23)22-15(26-2)21-10-3-4-11-12(7-10)25-16(18,19)24-11;2*1-2/h3-7H,1-2H3,(H,21,22,23);2*1-2H3. The molecule has 0 saturated carbocycles. The quantitative estimate of drug-likeness (QED) is 0.329. The van der Waals surface area contributed by atoms with Gasteiger partial charge in [0, 0.05) is 17.3 Å². The van der Waals surface area contributed by atoms with E-state index in [4.69, 9.17) is 11.6 Å². The van der Waals surface area contributed by atoms with E-state index in [2.05, 4.69) is 24.8 Å². The summed E-state index contributed by atoms with van der Waals surface area (Å²) in [5.74, 6) is -0.622. The Labute approximate surface area is 184 Å². The highest BCUT2D eigenvalue weighted by Gasteiger charge is 2.43. The van der Waals surface area contributed by atoms with Gasteiger partial charge in [-0.2, -0.15) is 0 Å². The number of pyridine rings is 1. The van der Waals surface area contributed by atoms with Gasteiger partial charge in [-0.15, -0.1) is 8.78 Å². The van der Waals surface area contributed by atoms with Gasteiger partial charge in [0.1, 0.15) is 5.15 Å². The van der Waals surface area contributed by atoms with Crippen LogP contribution in [-0.4, -0.2) is 28.6 Å². The van der Waals surface area contributed by atoms with E-state index < -0.39 is 12.2 Å². The molecule has 30 heavy (non-hydrogen) atoms. The number of amidine groups is 1. The number of benzene rings is 1. The summed E-state index contributed by atoms with van der Waals surface area (Å²) in [6, 6.07) is 7.11. The van der Waals surface area contributed by atoms with E-state index in [0.717, 1.165) is 0 Å². The second kappa shape index (κ2) is 11.7. The normalized spacial score (nSPS) is 13.4. The molecule has 0 saturated heterocycles. The molecule has 2 aromatic rings. The molecule has 1 amide bonds. The highest BCUT2D eigenvalue weighted by Crippen LogP contribution is 2.42. The molecule has 0 spiro atoms. The summed E-state index contributed by atoms with van der Waals surface area (Å²) in [5, 5.41) is 3.11. The van der Waals surface area contributed by atoms with Crippen LogP contribution >= 0.6 is 23.4 Å². The van der Waals surface area contributed by atoms with Gasteiger partial charge in [-0.05, 0) is 37.4 Å². The third-order valence-electron chi connectivity index (χ3n) is 3.21. The van der Waals surface area contributed by atoms with Crippen molar-refractivity contribution in [2.45, 2.75) is 40.9 Å². The largest absolute Gasteiger partial charge is 0.586 e. The zero-order valence-corrected chi connectivity index (χ0v) is 19.1. The third kappa shape index (κ3) is 7.14. The van der Waals surface area contributed by atoms with E-state index in [9.17, 15) is 13.6 Å². The molecule has 6 nitrogen and oxygen atoms in total. The topological polar surface area (TPSA) is 72.8 Å². The first-order chi connectivity index (χ1) is 14.3. The molecule has 0 aliphatic carbocycles. The Kier molecular flexibility index (Phi) is 10.0. The number of rotatable bonds is 2. The van der Waals surface area contributed by atoms with E-state index in [1.807, 2.05) is 27.7 Å². The fourth-order valence-corrected chi connectivity index (χ4v) is 2.82. The Morgan fingerprint density at radius 1 is 1.13 bits per heavy atom. The Morgan fingerprint density at radius 3 is 2.37 bits per heavy atom. The highest BCUT2D eigenvalue weighted by atomic mass is 35.5. The number of thioether (sulfide) groups is 1. The fraction of sp³-hybridized carbons (Fsp3) is 0.350. The van der Waals surface area contributed by atoms with E-state index in [1.165, 1.54) is 36.0 Å². The molecule has 1 aliphatic rings. The lowest BCUT2D eigenvalue weighted by Gasteiger charge is -2.07. The van der Waals surface area contributed by atoms with Crippen molar-refractivity contribution >= 4 is 40.1 Å². The molecule has 1 N–H and O–H groups in total. The molecule has 164 valence electrons. The first-order valence-corrected chi connectivity index (χ1v) is 10.8. The Bertz CT molecular complexity index is 891. The number of aryl methyl sites for hydroxylation is 1. The number of fused-ring (bicyclic) bond motifs is 1. The predicted octanol–water partition coefficient (Wildman–Crippen LogP) is 6.20. The smallest absolute Gasteiger partial charge is 0.395 e. The number of aromatic nitrogens is 1. The monoisotopic (exact) mass is 459 g/mol. The minimum atomic E-state index is -3.69. The van der Waals surface area contributed by atoms with E-state index in [-0.39, 0.29) is 21.8 Å². The van der Waals surface area contributed by atoms with Crippen molar-refractivity contribution in [1.29, 1.82) is 0 Å². The van der Waals surface area contributed by atoms with E-state index in [0.29, 0.717) is 16.9 Å². The summed E-state index contributed by atoms with van der Waals surface area (Å²) < 4.78 is 34.8. The van der Waals surface area contributed by atoms with Crippen molar-refractivity contribution in [3.05, 3.63) is 46.7 Å². The fourth-order valence-electron chi connectivity index (χ4n) is 2.18.